The Morgan fingerprint density at radius 3 is 2.24 bits per heavy atom. The topological polar surface area (TPSA) is 60.9 Å². The third kappa shape index (κ3) is 3.36. The molecule has 1 saturated heterocycles. The minimum absolute atomic E-state index is 0.188. The second-order valence-electron chi connectivity index (χ2n) is 4.92. The molecule has 0 aromatic heterocycles. The van der Waals surface area contributed by atoms with Crippen molar-refractivity contribution in [2.75, 3.05) is 26.2 Å². The third-order valence-electron chi connectivity index (χ3n) is 3.40. The number of carbonyl (C=O) groups is 2. The Kier molecular flexibility index (Phi) is 4.52. The second kappa shape index (κ2) is 6.17. The van der Waals surface area contributed by atoms with Gasteiger partial charge in [0.2, 0.25) is 0 Å². The highest BCUT2D eigenvalue weighted by molar-refractivity contribution is 5.94. The molecule has 1 unspecified atom stereocenters. The molecule has 2 amide bonds. The lowest BCUT2D eigenvalue weighted by molar-refractivity contribution is -0.140. The summed E-state index contributed by atoms with van der Waals surface area (Å²) >= 11 is 0. The molecule has 0 saturated carbocycles. The van der Waals surface area contributed by atoms with Crippen molar-refractivity contribution < 1.29 is 23.5 Å². The molecule has 0 spiro atoms. The van der Waals surface area contributed by atoms with Crippen LogP contribution in [0.1, 0.15) is 17.3 Å². The number of aliphatic hydroxyl groups is 1. The molecular formula is C14H16F2N2O3. The van der Waals surface area contributed by atoms with Crippen LogP contribution in [-0.4, -0.2) is 59.0 Å². The van der Waals surface area contributed by atoms with Crippen LogP contribution in [0.2, 0.25) is 0 Å². The summed E-state index contributed by atoms with van der Waals surface area (Å²) < 4.78 is 26.4. The van der Waals surface area contributed by atoms with Gasteiger partial charge in [0, 0.05) is 32.2 Å². The van der Waals surface area contributed by atoms with Crippen LogP contribution in [0.5, 0.6) is 0 Å². The van der Waals surface area contributed by atoms with Crippen LogP contribution < -0.4 is 0 Å². The predicted molar refractivity (Wildman–Crippen MR) is 70.5 cm³/mol. The van der Waals surface area contributed by atoms with E-state index in [1.807, 2.05) is 0 Å². The van der Waals surface area contributed by atoms with Gasteiger partial charge in [-0.25, -0.2) is 8.78 Å². The van der Waals surface area contributed by atoms with Crippen molar-refractivity contribution in [2.24, 2.45) is 0 Å². The van der Waals surface area contributed by atoms with E-state index in [0.29, 0.717) is 6.07 Å². The molecule has 7 heteroatoms. The molecule has 0 radical (unpaired) electrons. The first kappa shape index (κ1) is 15.4. The van der Waals surface area contributed by atoms with Gasteiger partial charge < -0.3 is 14.9 Å². The van der Waals surface area contributed by atoms with Crippen molar-refractivity contribution in [1.82, 2.24) is 9.80 Å². The highest BCUT2D eigenvalue weighted by Crippen LogP contribution is 2.14. The first-order valence-corrected chi connectivity index (χ1v) is 6.61. The Morgan fingerprint density at radius 1 is 1.14 bits per heavy atom. The Bertz CT molecular complexity index is 555. The maximum absolute atomic E-state index is 13.6. The number of piperazine rings is 1. The van der Waals surface area contributed by atoms with E-state index in [0.717, 1.165) is 12.1 Å². The summed E-state index contributed by atoms with van der Waals surface area (Å²) in [5, 5.41) is 9.23. The summed E-state index contributed by atoms with van der Waals surface area (Å²) in [6.45, 7) is 2.42. The number of aliphatic hydroxyl groups excluding tert-OH is 1. The molecule has 1 aliphatic rings. The summed E-state index contributed by atoms with van der Waals surface area (Å²) in [7, 11) is 0. The van der Waals surface area contributed by atoms with Gasteiger partial charge in [-0.2, -0.15) is 0 Å². The van der Waals surface area contributed by atoms with E-state index in [2.05, 4.69) is 0 Å². The van der Waals surface area contributed by atoms with Crippen LogP contribution in [0.15, 0.2) is 18.2 Å². The van der Waals surface area contributed by atoms with Crippen LogP contribution in [0.3, 0.4) is 0 Å². The van der Waals surface area contributed by atoms with E-state index < -0.39 is 29.6 Å². The van der Waals surface area contributed by atoms with Crippen molar-refractivity contribution >= 4 is 11.8 Å². The first-order chi connectivity index (χ1) is 9.90. The summed E-state index contributed by atoms with van der Waals surface area (Å²) in [6, 6.07) is 2.81. The zero-order valence-corrected chi connectivity index (χ0v) is 11.6. The van der Waals surface area contributed by atoms with Gasteiger partial charge in [0.05, 0.1) is 5.56 Å². The molecule has 1 heterocycles. The quantitative estimate of drug-likeness (QED) is 0.871. The van der Waals surface area contributed by atoms with Crippen molar-refractivity contribution in [2.45, 2.75) is 13.0 Å². The van der Waals surface area contributed by atoms with Gasteiger partial charge in [0.15, 0.2) is 0 Å². The zero-order chi connectivity index (χ0) is 15.6. The number of rotatable bonds is 2. The number of benzene rings is 1. The average molecular weight is 298 g/mol. The van der Waals surface area contributed by atoms with E-state index >= 15 is 0 Å². The summed E-state index contributed by atoms with van der Waals surface area (Å²) in [4.78, 5) is 26.6. The van der Waals surface area contributed by atoms with Crippen LogP contribution in [0.4, 0.5) is 8.78 Å². The molecule has 5 nitrogen and oxygen atoms in total. The number of nitrogens with zero attached hydrogens (tertiary/aromatic N) is 2. The summed E-state index contributed by atoms with van der Waals surface area (Å²) in [5.74, 6) is -2.56. The Hall–Kier alpha value is -2.02. The van der Waals surface area contributed by atoms with E-state index in [4.69, 9.17) is 0 Å². The van der Waals surface area contributed by atoms with Gasteiger partial charge in [-0.05, 0) is 19.1 Å². The van der Waals surface area contributed by atoms with Gasteiger partial charge in [-0.15, -0.1) is 0 Å². The molecule has 2 rings (SSSR count). The molecule has 0 aliphatic carbocycles. The summed E-state index contributed by atoms with van der Waals surface area (Å²) in [5.41, 5.74) is -0.188. The van der Waals surface area contributed by atoms with Gasteiger partial charge >= 0.3 is 0 Å². The molecule has 1 aliphatic heterocycles. The van der Waals surface area contributed by atoms with Crippen LogP contribution in [-0.2, 0) is 4.79 Å². The fraction of sp³-hybridized carbons (Fsp3) is 0.429. The van der Waals surface area contributed by atoms with Crippen LogP contribution in [0.25, 0.3) is 0 Å². The van der Waals surface area contributed by atoms with E-state index in [1.54, 1.807) is 0 Å². The lowest BCUT2D eigenvalue weighted by Gasteiger charge is -2.35. The molecule has 114 valence electrons. The molecule has 0 bridgehead atoms. The second-order valence-corrected chi connectivity index (χ2v) is 4.92. The molecule has 21 heavy (non-hydrogen) atoms. The SMILES string of the molecule is CC(O)C(=O)N1CCN(C(=O)c2ccc(F)cc2F)CC1. The molecular weight excluding hydrogens is 282 g/mol. The number of hydrogen-bond donors (Lipinski definition) is 1. The monoisotopic (exact) mass is 298 g/mol. The molecule has 1 atom stereocenters. The van der Waals surface area contributed by atoms with Gasteiger partial charge in [0.1, 0.15) is 17.7 Å². The van der Waals surface area contributed by atoms with Gasteiger partial charge in [-0.1, -0.05) is 0 Å². The highest BCUT2D eigenvalue weighted by Gasteiger charge is 2.27. The minimum Gasteiger partial charge on any atom is -0.384 e. The van der Waals surface area contributed by atoms with Crippen molar-refractivity contribution in [3.05, 3.63) is 35.4 Å². The third-order valence-corrected chi connectivity index (χ3v) is 3.40. The average Bonchev–Trinajstić information content (AvgIpc) is 2.46. The Morgan fingerprint density at radius 2 is 1.71 bits per heavy atom. The predicted octanol–water partition coefficient (Wildman–Crippen LogP) is 0.630. The van der Waals surface area contributed by atoms with Crippen molar-refractivity contribution in [3.63, 3.8) is 0 Å². The number of carbonyl (C=O) groups excluding carboxylic acids is 2. The highest BCUT2D eigenvalue weighted by atomic mass is 19.1. The molecule has 1 aromatic rings. The largest absolute Gasteiger partial charge is 0.384 e. The van der Waals surface area contributed by atoms with Crippen LogP contribution >= 0.6 is 0 Å². The maximum Gasteiger partial charge on any atom is 0.256 e. The van der Waals surface area contributed by atoms with E-state index in [-0.39, 0.29) is 31.7 Å². The van der Waals surface area contributed by atoms with E-state index in [1.165, 1.54) is 16.7 Å². The standard InChI is InChI=1S/C14H16F2N2O3/c1-9(19)13(20)17-4-6-18(7-5-17)14(21)11-3-2-10(15)8-12(11)16/h2-3,8-9,19H,4-7H2,1H3. The van der Waals surface area contributed by atoms with Crippen molar-refractivity contribution in [1.29, 1.82) is 0 Å². The van der Waals surface area contributed by atoms with Crippen molar-refractivity contribution in [3.8, 4) is 0 Å². The minimum atomic E-state index is -1.08. The maximum atomic E-state index is 13.6. The normalized spacial score (nSPS) is 16.8. The first-order valence-electron chi connectivity index (χ1n) is 6.61. The number of halogens is 2. The van der Waals surface area contributed by atoms with Gasteiger partial charge in [-0.3, -0.25) is 9.59 Å². The Balaban J connectivity index is 2.02. The zero-order valence-electron chi connectivity index (χ0n) is 11.6. The molecule has 1 fully saturated rings. The number of hydrogen-bond acceptors (Lipinski definition) is 3. The van der Waals surface area contributed by atoms with E-state index in [9.17, 15) is 23.5 Å². The number of amides is 2. The fourth-order valence-corrected chi connectivity index (χ4v) is 2.23. The molecule has 1 aromatic carbocycles. The Labute approximate surface area is 120 Å². The fourth-order valence-electron chi connectivity index (χ4n) is 2.23. The van der Waals surface area contributed by atoms with Crippen LogP contribution in [0, 0.1) is 11.6 Å². The lowest BCUT2D eigenvalue weighted by Crippen LogP contribution is -2.52. The smallest absolute Gasteiger partial charge is 0.256 e. The lowest BCUT2D eigenvalue weighted by atomic mass is 10.1. The van der Waals surface area contributed by atoms with Gasteiger partial charge in [0.25, 0.3) is 11.8 Å². The molecule has 1 N–H and O–H groups in total. The summed E-state index contributed by atoms with van der Waals surface area (Å²) in [6.07, 6.45) is -1.08.